The number of hydrogen-bond donors (Lipinski definition) is 1. The Morgan fingerprint density at radius 3 is 2.95 bits per heavy atom. The third kappa shape index (κ3) is 3.12. The van der Waals surface area contributed by atoms with Crippen LogP contribution in [0.15, 0.2) is 24.3 Å². The Labute approximate surface area is 120 Å². The predicted octanol–water partition coefficient (Wildman–Crippen LogP) is 2.91. The van der Waals surface area contributed by atoms with Crippen LogP contribution in [0.5, 0.6) is 5.75 Å². The second kappa shape index (κ2) is 6.27. The lowest BCUT2D eigenvalue weighted by molar-refractivity contribution is -0.153. The lowest BCUT2D eigenvalue weighted by Gasteiger charge is -2.41. The van der Waals surface area contributed by atoms with Gasteiger partial charge in [0.25, 0.3) is 0 Å². The zero-order valence-corrected chi connectivity index (χ0v) is 12.3. The van der Waals surface area contributed by atoms with Gasteiger partial charge in [-0.05, 0) is 57.4 Å². The van der Waals surface area contributed by atoms with E-state index in [2.05, 4.69) is 4.90 Å². The number of likely N-dealkylation sites (tertiary alicyclic amines) is 1. The fraction of sp³-hybridized carbons (Fsp3) is 0.562. The van der Waals surface area contributed by atoms with Crippen LogP contribution in [0.2, 0.25) is 0 Å². The molecule has 1 aromatic carbocycles. The van der Waals surface area contributed by atoms with E-state index in [4.69, 9.17) is 4.74 Å². The first-order valence-corrected chi connectivity index (χ1v) is 7.26. The Morgan fingerprint density at radius 2 is 2.25 bits per heavy atom. The summed E-state index contributed by atoms with van der Waals surface area (Å²) < 4.78 is 5.50. The third-order valence-corrected chi connectivity index (χ3v) is 4.08. The first-order chi connectivity index (χ1) is 9.56. The molecule has 0 spiro atoms. The van der Waals surface area contributed by atoms with Crippen LogP contribution >= 0.6 is 0 Å². The average Bonchev–Trinajstić information content (AvgIpc) is 2.42. The highest BCUT2D eigenvalue weighted by molar-refractivity contribution is 5.78. The van der Waals surface area contributed by atoms with Crippen molar-refractivity contribution in [2.24, 2.45) is 0 Å². The highest BCUT2D eigenvalue weighted by Crippen LogP contribution is 2.30. The monoisotopic (exact) mass is 277 g/mol. The number of hydrogen-bond acceptors (Lipinski definition) is 3. The summed E-state index contributed by atoms with van der Waals surface area (Å²) in [6.45, 7) is 5.92. The summed E-state index contributed by atoms with van der Waals surface area (Å²) in [5.74, 6) is 0.122. The summed E-state index contributed by atoms with van der Waals surface area (Å²) in [7, 11) is 0. The molecule has 110 valence electrons. The topological polar surface area (TPSA) is 49.8 Å². The number of nitrogens with zero attached hydrogens (tertiary/aromatic N) is 1. The predicted molar refractivity (Wildman–Crippen MR) is 77.9 cm³/mol. The van der Waals surface area contributed by atoms with E-state index in [1.165, 1.54) is 0 Å². The molecule has 4 heteroatoms. The first kappa shape index (κ1) is 14.9. The van der Waals surface area contributed by atoms with Gasteiger partial charge in [0.2, 0.25) is 0 Å². The maximum atomic E-state index is 11.6. The van der Waals surface area contributed by atoms with Gasteiger partial charge >= 0.3 is 5.97 Å². The summed E-state index contributed by atoms with van der Waals surface area (Å²) in [6, 6.07) is 7.92. The molecule has 1 unspecified atom stereocenters. The molecule has 0 bridgehead atoms. The van der Waals surface area contributed by atoms with Crippen LogP contribution in [-0.4, -0.2) is 34.7 Å². The zero-order chi connectivity index (χ0) is 14.6. The lowest BCUT2D eigenvalue weighted by atomic mass is 9.88. The summed E-state index contributed by atoms with van der Waals surface area (Å²) in [5, 5.41) is 9.52. The smallest absolute Gasteiger partial charge is 0.323 e. The number of aliphatic carboxylic acids is 1. The van der Waals surface area contributed by atoms with Gasteiger partial charge in [-0.3, -0.25) is 9.69 Å². The van der Waals surface area contributed by atoms with Gasteiger partial charge in [-0.15, -0.1) is 0 Å². The Bertz CT molecular complexity index is 475. The first-order valence-electron chi connectivity index (χ1n) is 7.26. The molecule has 1 aromatic rings. The summed E-state index contributed by atoms with van der Waals surface area (Å²) in [5.41, 5.74) is 0.352. The normalized spacial score (nSPS) is 23.5. The Morgan fingerprint density at radius 1 is 1.45 bits per heavy atom. The Kier molecular flexibility index (Phi) is 4.65. The fourth-order valence-electron chi connectivity index (χ4n) is 2.79. The molecule has 20 heavy (non-hydrogen) atoms. The van der Waals surface area contributed by atoms with Crippen molar-refractivity contribution in [2.75, 3.05) is 13.2 Å². The number of carbonyl (C=O) groups is 1. The maximum Gasteiger partial charge on any atom is 0.323 e. The molecule has 0 saturated carbocycles. The lowest BCUT2D eigenvalue weighted by Crippen LogP contribution is -2.54. The van der Waals surface area contributed by atoms with Gasteiger partial charge < -0.3 is 9.84 Å². The van der Waals surface area contributed by atoms with E-state index in [1.807, 2.05) is 38.1 Å². The van der Waals surface area contributed by atoms with Gasteiger partial charge in [0.15, 0.2) is 0 Å². The third-order valence-electron chi connectivity index (χ3n) is 4.08. The van der Waals surface area contributed by atoms with Crippen molar-refractivity contribution in [2.45, 2.75) is 45.2 Å². The van der Waals surface area contributed by atoms with Crippen LogP contribution in [0.3, 0.4) is 0 Å². The van der Waals surface area contributed by atoms with Gasteiger partial charge in [0.05, 0.1) is 6.61 Å². The van der Waals surface area contributed by atoms with Crippen molar-refractivity contribution in [3.05, 3.63) is 29.8 Å². The molecule has 0 amide bonds. The number of benzene rings is 1. The molecular weight excluding hydrogens is 254 g/mol. The van der Waals surface area contributed by atoms with Crippen molar-refractivity contribution in [1.29, 1.82) is 0 Å². The number of carboxylic acids is 1. The number of carboxylic acid groups (broad SMARTS) is 1. The van der Waals surface area contributed by atoms with Crippen LogP contribution in [0, 0.1) is 0 Å². The molecular formula is C16H23NO3. The van der Waals surface area contributed by atoms with E-state index in [9.17, 15) is 9.90 Å². The van der Waals surface area contributed by atoms with Crippen LogP contribution < -0.4 is 4.74 Å². The molecule has 0 aliphatic carbocycles. The SMILES string of the molecule is CCOc1cccc(CN2CCCCC2(C)C(=O)O)c1. The molecule has 1 atom stereocenters. The van der Waals surface area contributed by atoms with E-state index in [1.54, 1.807) is 0 Å². The van der Waals surface area contributed by atoms with Crippen LogP contribution in [0.1, 0.15) is 38.7 Å². The van der Waals surface area contributed by atoms with E-state index in [0.29, 0.717) is 19.6 Å². The summed E-state index contributed by atoms with van der Waals surface area (Å²) >= 11 is 0. The zero-order valence-electron chi connectivity index (χ0n) is 12.3. The molecule has 2 rings (SSSR count). The van der Waals surface area contributed by atoms with Gasteiger partial charge in [0.1, 0.15) is 11.3 Å². The fourth-order valence-corrected chi connectivity index (χ4v) is 2.79. The molecule has 1 aliphatic heterocycles. The van der Waals surface area contributed by atoms with E-state index >= 15 is 0 Å². The van der Waals surface area contributed by atoms with E-state index in [0.717, 1.165) is 30.7 Å². The number of ether oxygens (including phenoxy) is 1. The average molecular weight is 277 g/mol. The largest absolute Gasteiger partial charge is 0.494 e. The quantitative estimate of drug-likeness (QED) is 0.899. The standard InChI is InChI=1S/C16H23NO3/c1-3-20-14-8-6-7-13(11-14)12-17-10-5-4-9-16(17,2)15(18)19/h6-8,11H,3-5,9-10,12H2,1-2H3,(H,18,19). The van der Waals surface area contributed by atoms with Crippen molar-refractivity contribution < 1.29 is 14.6 Å². The minimum Gasteiger partial charge on any atom is -0.494 e. The molecule has 1 N–H and O–H groups in total. The summed E-state index contributed by atoms with van der Waals surface area (Å²) in [4.78, 5) is 13.7. The minimum atomic E-state index is -0.750. The molecule has 0 radical (unpaired) electrons. The molecule has 1 aliphatic rings. The molecule has 1 fully saturated rings. The highest BCUT2D eigenvalue weighted by Gasteiger charge is 2.41. The van der Waals surface area contributed by atoms with Crippen LogP contribution in [-0.2, 0) is 11.3 Å². The van der Waals surface area contributed by atoms with Crippen molar-refractivity contribution >= 4 is 5.97 Å². The summed E-state index contributed by atoms with van der Waals surface area (Å²) in [6.07, 6.45) is 2.76. The molecule has 0 aromatic heterocycles. The van der Waals surface area contributed by atoms with Gasteiger partial charge in [0, 0.05) is 6.54 Å². The van der Waals surface area contributed by atoms with Crippen LogP contribution in [0.25, 0.3) is 0 Å². The van der Waals surface area contributed by atoms with Crippen molar-refractivity contribution in [1.82, 2.24) is 4.90 Å². The second-order valence-corrected chi connectivity index (χ2v) is 5.54. The van der Waals surface area contributed by atoms with Gasteiger partial charge in [-0.2, -0.15) is 0 Å². The van der Waals surface area contributed by atoms with Crippen LogP contribution in [0.4, 0.5) is 0 Å². The van der Waals surface area contributed by atoms with Gasteiger partial charge in [-0.1, -0.05) is 12.1 Å². The van der Waals surface area contributed by atoms with E-state index < -0.39 is 11.5 Å². The van der Waals surface area contributed by atoms with Gasteiger partial charge in [-0.25, -0.2) is 0 Å². The van der Waals surface area contributed by atoms with Crippen molar-refractivity contribution in [3.63, 3.8) is 0 Å². The Balaban J connectivity index is 2.14. The number of piperidine rings is 1. The molecule has 1 heterocycles. The Hall–Kier alpha value is -1.55. The number of rotatable bonds is 5. The highest BCUT2D eigenvalue weighted by atomic mass is 16.5. The van der Waals surface area contributed by atoms with E-state index in [-0.39, 0.29) is 0 Å². The molecule has 1 saturated heterocycles. The van der Waals surface area contributed by atoms with Crippen molar-refractivity contribution in [3.8, 4) is 5.75 Å². The minimum absolute atomic E-state index is 0.639. The molecule has 4 nitrogen and oxygen atoms in total. The maximum absolute atomic E-state index is 11.6. The second-order valence-electron chi connectivity index (χ2n) is 5.54.